The van der Waals surface area contributed by atoms with Gasteiger partial charge < -0.3 is 5.11 Å². The molecule has 2 aromatic heterocycles. The molecular weight excluding hydrogens is 250 g/mol. The number of nitrogens with zero attached hydrogens (tertiary/aromatic N) is 4. The highest BCUT2D eigenvalue weighted by Crippen LogP contribution is 2.22. The van der Waals surface area contributed by atoms with E-state index in [9.17, 15) is 8.78 Å². The third kappa shape index (κ3) is 2.64. The van der Waals surface area contributed by atoms with Crippen LogP contribution in [0.3, 0.4) is 0 Å². The van der Waals surface area contributed by atoms with Gasteiger partial charge >= 0.3 is 0 Å². The summed E-state index contributed by atoms with van der Waals surface area (Å²) in [6, 6.07) is 0. The van der Waals surface area contributed by atoms with E-state index in [4.69, 9.17) is 5.11 Å². The lowest BCUT2D eigenvalue weighted by atomic mass is 10.2. The van der Waals surface area contributed by atoms with Crippen LogP contribution in [0.25, 0.3) is 11.3 Å². The quantitative estimate of drug-likeness (QED) is 0.901. The number of aromatic nitrogens is 4. The van der Waals surface area contributed by atoms with Crippen LogP contribution in [0.1, 0.15) is 5.69 Å². The summed E-state index contributed by atoms with van der Waals surface area (Å²) in [4.78, 5) is 0. The van der Waals surface area contributed by atoms with Gasteiger partial charge in [0.15, 0.2) is 0 Å². The molecule has 0 saturated carbocycles. The lowest BCUT2D eigenvalue weighted by Gasteiger charge is -2.11. The van der Waals surface area contributed by atoms with E-state index >= 15 is 0 Å². The summed E-state index contributed by atoms with van der Waals surface area (Å²) in [5, 5.41) is 17.7. The highest BCUT2D eigenvalue weighted by atomic mass is 32.1. The van der Waals surface area contributed by atoms with Gasteiger partial charge in [-0.05, 0) is 18.5 Å². The highest BCUT2D eigenvalue weighted by molar-refractivity contribution is 7.04. The first-order valence-electron chi connectivity index (χ1n) is 4.82. The fourth-order valence-electron chi connectivity index (χ4n) is 1.32. The molecule has 0 aromatic carbocycles. The second kappa shape index (κ2) is 4.46. The lowest BCUT2D eigenvalue weighted by Crippen LogP contribution is -2.28. The zero-order chi connectivity index (χ0) is 12.5. The second-order valence-corrected chi connectivity index (χ2v) is 4.26. The molecule has 0 atom stereocenters. The molecule has 0 saturated heterocycles. The van der Waals surface area contributed by atoms with Crippen LogP contribution in [0.4, 0.5) is 8.78 Å². The zero-order valence-electron chi connectivity index (χ0n) is 8.97. The van der Waals surface area contributed by atoms with Crippen molar-refractivity contribution in [1.82, 2.24) is 19.4 Å². The third-order valence-corrected chi connectivity index (χ3v) is 2.91. The smallest absolute Gasteiger partial charge is 0.289 e. The minimum absolute atomic E-state index is 0.505. The first kappa shape index (κ1) is 12.1. The Labute approximate surface area is 99.9 Å². The van der Waals surface area contributed by atoms with Crippen molar-refractivity contribution in [2.24, 2.45) is 0 Å². The average Bonchev–Trinajstić information content (AvgIpc) is 2.86. The van der Waals surface area contributed by atoms with Gasteiger partial charge in [-0.1, -0.05) is 5.21 Å². The van der Waals surface area contributed by atoms with Crippen LogP contribution in [0.2, 0.25) is 0 Å². The maximum absolute atomic E-state index is 12.9. The van der Waals surface area contributed by atoms with E-state index in [1.807, 2.05) is 6.92 Å². The maximum Gasteiger partial charge on any atom is 0.289 e. The molecule has 0 radical (unpaired) electrons. The Balaban J connectivity index is 2.20. The van der Waals surface area contributed by atoms with Gasteiger partial charge in [0.2, 0.25) is 0 Å². The molecule has 92 valence electrons. The van der Waals surface area contributed by atoms with E-state index in [1.165, 1.54) is 17.7 Å². The number of aryl methyl sites for hydroxylation is 1. The van der Waals surface area contributed by atoms with Crippen LogP contribution in [-0.4, -0.2) is 37.0 Å². The number of halogens is 2. The summed E-state index contributed by atoms with van der Waals surface area (Å²) in [5.41, 5.74) is 2.08. The molecule has 1 N–H and O–H groups in total. The zero-order valence-corrected chi connectivity index (χ0v) is 9.79. The molecule has 2 aromatic rings. The molecule has 0 aliphatic rings. The van der Waals surface area contributed by atoms with E-state index in [2.05, 4.69) is 14.7 Å². The van der Waals surface area contributed by atoms with Crippen molar-refractivity contribution in [1.29, 1.82) is 0 Å². The number of hydrogen-bond donors (Lipinski definition) is 1. The molecule has 8 heteroatoms. The Bertz CT molecular complexity index is 511. The topological polar surface area (TPSA) is 63.8 Å². The van der Waals surface area contributed by atoms with Crippen molar-refractivity contribution in [3.05, 3.63) is 17.3 Å². The predicted molar refractivity (Wildman–Crippen MR) is 57.9 cm³/mol. The van der Waals surface area contributed by atoms with Crippen LogP contribution < -0.4 is 0 Å². The number of hydrogen-bond acceptors (Lipinski definition) is 5. The Kier molecular flexibility index (Phi) is 3.16. The summed E-state index contributed by atoms with van der Waals surface area (Å²) in [5.74, 6) is -3.19. The standard InChI is InChI=1S/C9H10F2N4OS/c1-6-7(3-17-13-6)8-2-15(14-12-8)4-9(10,11)5-16/h2-3,16H,4-5H2,1H3. The molecule has 0 amide bonds. The summed E-state index contributed by atoms with van der Waals surface area (Å²) in [6.07, 6.45) is 1.42. The first-order chi connectivity index (χ1) is 8.02. The second-order valence-electron chi connectivity index (χ2n) is 3.63. The number of rotatable bonds is 4. The van der Waals surface area contributed by atoms with Crippen molar-refractivity contribution in [3.63, 3.8) is 0 Å². The van der Waals surface area contributed by atoms with E-state index < -0.39 is 19.1 Å². The largest absolute Gasteiger partial charge is 0.390 e. The van der Waals surface area contributed by atoms with Crippen molar-refractivity contribution >= 4 is 11.5 Å². The van der Waals surface area contributed by atoms with Crippen molar-refractivity contribution in [3.8, 4) is 11.3 Å². The molecule has 2 rings (SSSR count). The van der Waals surface area contributed by atoms with Gasteiger partial charge in [0.1, 0.15) is 18.8 Å². The maximum atomic E-state index is 12.9. The summed E-state index contributed by atoms with van der Waals surface area (Å²) < 4.78 is 30.9. The molecule has 0 bridgehead atoms. The minimum Gasteiger partial charge on any atom is -0.390 e. The molecule has 5 nitrogen and oxygen atoms in total. The van der Waals surface area contributed by atoms with Gasteiger partial charge in [0.25, 0.3) is 5.92 Å². The number of alkyl halides is 2. The van der Waals surface area contributed by atoms with Gasteiger partial charge in [-0.15, -0.1) is 5.10 Å². The third-order valence-electron chi connectivity index (χ3n) is 2.19. The molecule has 0 aliphatic carbocycles. The van der Waals surface area contributed by atoms with Crippen molar-refractivity contribution in [2.75, 3.05) is 6.61 Å². The van der Waals surface area contributed by atoms with Gasteiger partial charge in [-0.3, -0.25) is 0 Å². The molecule has 2 heterocycles. The molecule has 0 spiro atoms. The fraction of sp³-hybridized carbons (Fsp3) is 0.444. The van der Waals surface area contributed by atoms with Crippen LogP contribution >= 0.6 is 11.5 Å². The normalized spacial score (nSPS) is 12.0. The Morgan fingerprint density at radius 3 is 2.88 bits per heavy atom. The summed E-state index contributed by atoms with van der Waals surface area (Å²) in [6.45, 7) is -0.0818. The van der Waals surface area contributed by atoms with E-state index in [-0.39, 0.29) is 0 Å². The molecular formula is C9H10F2N4OS. The van der Waals surface area contributed by atoms with Crippen molar-refractivity contribution in [2.45, 2.75) is 19.4 Å². The van der Waals surface area contributed by atoms with E-state index in [0.717, 1.165) is 15.9 Å². The minimum atomic E-state index is -3.19. The predicted octanol–water partition coefficient (Wildman–Crippen LogP) is 1.34. The van der Waals surface area contributed by atoms with E-state index in [0.29, 0.717) is 5.69 Å². The van der Waals surface area contributed by atoms with Crippen LogP contribution in [0.15, 0.2) is 11.6 Å². The van der Waals surface area contributed by atoms with Crippen molar-refractivity contribution < 1.29 is 13.9 Å². The highest BCUT2D eigenvalue weighted by Gasteiger charge is 2.29. The van der Waals surface area contributed by atoms with E-state index in [1.54, 1.807) is 5.38 Å². The number of aliphatic hydroxyl groups excluding tert-OH is 1. The molecule has 17 heavy (non-hydrogen) atoms. The fourth-order valence-corrected chi connectivity index (χ4v) is 2.03. The van der Waals surface area contributed by atoms with Crippen LogP contribution in [0, 0.1) is 6.92 Å². The van der Waals surface area contributed by atoms with Gasteiger partial charge in [-0.25, -0.2) is 13.5 Å². The molecule has 0 unspecified atom stereocenters. The molecule has 0 fully saturated rings. The van der Waals surface area contributed by atoms with Gasteiger partial charge in [0.05, 0.1) is 11.9 Å². The number of aliphatic hydroxyl groups is 1. The Morgan fingerprint density at radius 1 is 1.53 bits per heavy atom. The Hall–Kier alpha value is -1.41. The van der Waals surface area contributed by atoms with Crippen LogP contribution in [0.5, 0.6) is 0 Å². The Morgan fingerprint density at radius 2 is 2.29 bits per heavy atom. The first-order valence-corrected chi connectivity index (χ1v) is 5.66. The molecule has 0 aliphatic heterocycles. The average molecular weight is 260 g/mol. The summed E-state index contributed by atoms with van der Waals surface area (Å²) in [7, 11) is 0. The lowest BCUT2D eigenvalue weighted by molar-refractivity contribution is -0.0655. The van der Waals surface area contributed by atoms with Gasteiger partial charge in [0, 0.05) is 10.9 Å². The monoisotopic (exact) mass is 260 g/mol. The van der Waals surface area contributed by atoms with Crippen LogP contribution in [-0.2, 0) is 6.54 Å². The summed E-state index contributed by atoms with van der Waals surface area (Å²) >= 11 is 1.27. The SMILES string of the molecule is Cc1nscc1-c1cn(CC(F)(F)CO)nn1. The van der Waals surface area contributed by atoms with Gasteiger partial charge in [-0.2, -0.15) is 4.37 Å².